The molecule has 3 atom stereocenters. The third-order valence-corrected chi connectivity index (χ3v) is 8.02. The Kier molecular flexibility index (Phi) is 8.37. The first-order valence-electron chi connectivity index (χ1n) is 13.8. The van der Waals surface area contributed by atoms with Crippen LogP contribution < -0.4 is 10.1 Å². The molecule has 1 amide bonds. The van der Waals surface area contributed by atoms with Crippen molar-refractivity contribution in [3.05, 3.63) is 72.1 Å². The van der Waals surface area contributed by atoms with Crippen LogP contribution in [0.2, 0.25) is 0 Å². The number of pyridine rings is 1. The van der Waals surface area contributed by atoms with Gasteiger partial charge >= 0.3 is 0 Å². The molecule has 2 aliphatic rings. The summed E-state index contributed by atoms with van der Waals surface area (Å²) in [5.74, 6) is 1.23. The van der Waals surface area contributed by atoms with Gasteiger partial charge < -0.3 is 15.0 Å². The second-order valence-electron chi connectivity index (χ2n) is 11.0. The Bertz CT molecular complexity index is 1180. The molecule has 2 saturated heterocycles. The molecule has 0 spiro atoms. The molecule has 0 bridgehead atoms. The smallest absolute Gasteiger partial charge is 0.224 e. The first kappa shape index (κ1) is 25.7. The van der Waals surface area contributed by atoms with Gasteiger partial charge in [0.1, 0.15) is 5.75 Å². The topological polar surface area (TPSA) is 57.7 Å². The molecule has 3 heterocycles. The van der Waals surface area contributed by atoms with E-state index >= 15 is 0 Å². The molecule has 1 N–H and O–H groups in total. The van der Waals surface area contributed by atoms with Crippen LogP contribution in [0.3, 0.4) is 0 Å². The number of carbonyl (C=O) groups excluding carboxylic acids is 1. The highest BCUT2D eigenvalue weighted by atomic mass is 16.5. The summed E-state index contributed by atoms with van der Waals surface area (Å²) in [5.41, 5.74) is 2.26. The van der Waals surface area contributed by atoms with Gasteiger partial charge in [0.2, 0.25) is 5.91 Å². The Morgan fingerprint density at radius 3 is 2.76 bits per heavy atom. The zero-order valence-electron chi connectivity index (χ0n) is 22.2. The van der Waals surface area contributed by atoms with Gasteiger partial charge in [-0.1, -0.05) is 36.4 Å². The van der Waals surface area contributed by atoms with Gasteiger partial charge in [0.15, 0.2) is 0 Å². The predicted octanol–water partition coefficient (Wildman–Crippen LogP) is 4.66. The molecular weight excluding hydrogens is 460 g/mol. The molecule has 196 valence electrons. The second-order valence-corrected chi connectivity index (χ2v) is 11.0. The molecular formula is C31H40N4O2. The Hall–Kier alpha value is -2.96. The van der Waals surface area contributed by atoms with Crippen molar-refractivity contribution in [3.8, 4) is 5.75 Å². The van der Waals surface area contributed by atoms with Gasteiger partial charge in [-0.2, -0.15) is 0 Å². The van der Waals surface area contributed by atoms with Crippen molar-refractivity contribution < 1.29 is 9.53 Å². The Morgan fingerprint density at radius 1 is 1.11 bits per heavy atom. The summed E-state index contributed by atoms with van der Waals surface area (Å²) in [6.07, 6.45) is 6.17. The third kappa shape index (κ3) is 6.88. The molecule has 1 unspecified atom stereocenters. The van der Waals surface area contributed by atoms with Crippen molar-refractivity contribution >= 4 is 16.7 Å². The second kappa shape index (κ2) is 12.1. The van der Waals surface area contributed by atoms with Gasteiger partial charge in [0.05, 0.1) is 18.7 Å². The third-order valence-electron chi connectivity index (χ3n) is 8.02. The van der Waals surface area contributed by atoms with Crippen molar-refractivity contribution in [1.82, 2.24) is 20.1 Å². The van der Waals surface area contributed by atoms with Gasteiger partial charge in [-0.15, -0.1) is 0 Å². The molecule has 6 heteroatoms. The van der Waals surface area contributed by atoms with Crippen LogP contribution in [0.15, 0.2) is 60.8 Å². The van der Waals surface area contributed by atoms with Crippen LogP contribution in [0.4, 0.5) is 0 Å². The number of nitrogens with one attached hydrogen (secondary N) is 1. The molecule has 6 nitrogen and oxygen atoms in total. The lowest BCUT2D eigenvalue weighted by Gasteiger charge is -2.37. The zero-order chi connectivity index (χ0) is 25.6. The summed E-state index contributed by atoms with van der Waals surface area (Å²) in [7, 11) is 2.19. The number of benzene rings is 2. The van der Waals surface area contributed by atoms with E-state index in [0.717, 1.165) is 50.5 Å². The van der Waals surface area contributed by atoms with Crippen LogP contribution in [0, 0.1) is 18.8 Å². The van der Waals surface area contributed by atoms with Gasteiger partial charge in [-0.25, -0.2) is 0 Å². The van der Waals surface area contributed by atoms with Crippen LogP contribution in [-0.4, -0.2) is 66.6 Å². The van der Waals surface area contributed by atoms with E-state index in [-0.39, 0.29) is 17.7 Å². The summed E-state index contributed by atoms with van der Waals surface area (Å²) in [6, 6.07) is 19.7. The fourth-order valence-electron chi connectivity index (χ4n) is 5.94. The number of hydrogen-bond acceptors (Lipinski definition) is 5. The minimum atomic E-state index is -0.0275. The molecule has 2 aromatic carbocycles. The van der Waals surface area contributed by atoms with E-state index in [2.05, 4.69) is 69.6 Å². The lowest BCUT2D eigenvalue weighted by molar-refractivity contribution is -0.127. The number of likely N-dealkylation sites (tertiary alicyclic amines) is 2. The van der Waals surface area contributed by atoms with Crippen molar-refractivity contribution in [2.24, 2.45) is 11.8 Å². The number of ether oxygens (including phenoxy) is 1. The highest BCUT2D eigenvalue weighted by Crippen LogP contribution is 2.26. The maximum Gasteiger partial charge on any atom is 0.224 e. The molecule has 2 aliphatic heterocycles. The van der Waals surface area contributed by atoms with Crippen LogP contribution in [0.1, 0.15) is 36.9 Å². The van der Waals surface area contributed by atoms with Crippen molar-refractivity contribution in [1.29, 1.82) is 0 Å². The van der Waals surface area contributed by atoms with Crippen molar-refractivity contribution in [2.45, 2.75) is 45.2 Å². The van der Waals surface area contributed by atoms with Gasteiger partial charge in [0, 0.05) is 43.8 Å². The molecule has 1 aromatic heterocycles. The molecule has 3 aromatic rings. The van der Waals surface area contributed by atoms with E-state index in [1.807, 2.05) is 19.1 Å². The van der Waals surface area contributed by atoms with Crippen LogP contribution >= 0.6 is 0 Å². The summed E-state index contributed by atoms with van der Waals surface area (Å²) in [6.45, 7) is 7.03. The monoisotopic (exact) mass is 500 g/mol. The van der Waals surface area contributed by atoms with E-state index in [4.69, 9.17) is 4.74 Å². The highest BCUT2D eigenvalue weighted by Gasteiger charge is 2.32. The normalized spacial score (nSPS) is 22.8. The average molecular weight is 501 g/mol. The molecule has 0 saturated carbocycles. The minimum absolute atomic E-state index is 0.0275. The van der Waals surface area contributed by atoms with Gasteiger partial charge in [0.25, 0.3) is 0 Å². The standard InChI is InChI=1S/C31H40N4O2/c1-23-9-12-30(18-33-23)37-22-25-17-28(31(36)32-14-13-29-8-5-15-34(29)2)21-35(20-25)19-24-10-11-26-6-3-4-7-27(26)16-24/h3-4,6-7,9-12,16,18,25,28-29H,5,8,13-15,17,19-22H2,1-2H3,(H,32,36)/t25-,28+,29?/m0/s1. The Morgan fingerprint density at radius 2 is 1.97 bits per heavy atom. The van der Waals surface area contributed by atoms with Crippen molar-refractivity contribution in [3.63, 3.8) is 0 Å². The Labute approximate surface area is 221 Å². The van der Waals surface area contributed by atoms with Gasteiger partial charge in [-0.05, 0) is 80.7 Å². The molecule has 37 heavy (non-hydrogen) atoms. The number of aromatic nitrogens is 1. The molecule has 0 radical (unpaired) electrons. The van der Waals surface area contributed by atoms with Crippen LogP contribution in [0.25, 0.3) is 10.8 Å². The van der Waals surface area contributed by atoms with Crippen molar-refractivity contribution in [2.75, 3.05) is 39.8 Å². The summed E-state index contributed by atoms with van der Waals surface area (Å²) in [5, 5.41) is 5.78. The van der Waals surface area contributed by atoms with Gasteiger partial charge in [-0.3, -0.25) is 14.7 Å². The first-order valence-corrected chi connectivity index (χ1v) is 13.8. The van der Waals surface area contributed by atoms with E-state index in [9.17, 15) is 4.79 Å². The summed E-state index contributed by atoms with van der Waals surface area (Å²) in [4.78, 5) is 22.5. The minimum Gasteiger partial charge on any atom is -0.492 e. The fraction of sp³-hybridized carbons (Fsp3) is 0.484. The Balaban J connectivity index is 1.23. The van der Waals surface area contributed by atoms with E-state index in [1.54, 1.807) is 6.20 Å². The zero-order valence-corrected chi connectivity index (χ0v) is 22.2. The largest absolute Gasteiger partial charge is 0.492 e. The predicted molar refractivity (Wildman–Crippen MR) is 149 cm³/mol. The number of rotatable bonds is 9. The van der Waals surface area contributed by atoms with Crippen LogP contribution in [-0.2, 0) is 11.3 Å². The first-order chi connectivity index (χ1) is 18.0. The van der Waals surface area contributed by atoms with E-state index < -0.39 is 0 Å². The maximum atomic E-state index is 13.3. The molecule has 2 fully saturated rings. The fourth-order valence-corrected chi connectivity index (χ4v) is 5.94. The number of carbonyl (C=O) groups is 1. The number of nitrogens with zero attached hydrogens (tertiary/aromatic N) is 3. The average Bonchev–Trinajstić information content (AvgIpc) is 3.32. The SMILES string of the molecule is Cc1ccc(OC[C@H]2C[C@@H](C(=O)NCCC3CCCN3C)CN(Cc3ccc4ccccc4c3)C2)cn1. The summed E-state index contributed by atoms with van der Waals surface area (Å²) < 4.78 is 6.12. The van der Waals surface area contributed by atoms with E-state index in [1.165, 1.54) is 35.7 Å². The van der Waals surface area contributed by atoms with E-state index in [0.29, 0.717) is 12.6 Å². The number of hydrogen-bond donors (Lipinski definition) is 1. The quantitative estimate of drug-likeness (QED) is 0.463. The number of aryl methyl sites for hydroxylation is 1. The lowest BCUT2D eigenvalue weighted by Crippen LogP contribution is -2.47. The molecule has 0 aliphatic carbocycles. The highest BCUT2D eigenvalue weighted by molar-refractivity contribution is 5.83. The lowest BCUT2D eigenvalue weighted by atomic mass is 9.88. The number of amides is 1. The maximum absolute atomic E-state index is 13.3. The number of fused-ring (bicyclic) bond motifs is 1. The molecule has 5 rings (SSSR count). The number of piperidine rings is 1. The van der Waals surface area contributed by atoms with Crippen LogP contribution in [0.5, 0.6) is 5.75 Å². The summed E-state index contributed by atoms with van der Waals surface area (Å²) >= 11 is 0.